The quantitative estimate of drug-likeness (QED) is 0.814. The van der Waals surface area contributed by atoms with E-state index >= 15 is 0 Å². The van der Waals surface area contributed by atoms with Gasteiger partial charge in [0, 0.05) is 25.2 Å². The van der Waals surface area contributed by atoms with Crippen molar-refractivity contribution in [2.45, 2.75) is 40.2 Å². The molecule has 1 aliphatic rings. The van der Waals surface area contributed by atoms with Crippen LogP contribution in [0.15, 0.2) is 4.52 Å². The molecule has 102 valence electrons. The Morgan fingerprint density at radius 1 is 1.33 bits per heavy atom. The summed E-state index contributed by atoms with van der Waals surface area (Å²) in [6.45, 7) is 11.9. The van der Waals surface area contributed by atoms with Crippen LogP contribution >= 0.6 is 0 Å². The average molecular weight is 251 g/mol. The van der Waals surface area contributed by atoms with E-state index in [1.165, 1.54) is 31.5 Å². The van der Waals surface area contributed by atoms with Crippen LogP contribution in [0.25, 0.3) is 0 Å². The maximum atomic E-state index is 5.15. The molecular weight excluding hydrogens is 226 g/mol. The molecule has 0 saturated carbocycles. The molecule has 2 rings (SSSR count). The second-order valence-electron chi connectivity index (χ2n) is 5.50. The number of nitrogens with one attached hydrogen (secondary N) is 1. The van der Waals surface area contributed by atoms with Crippen LogP contribution in [-0.4, -0.2) is 36.2 Å². The van der Waals surface area contributed by atoms with Crippen molar-refractivity contribution in [1.82, 2.24) is 15.4 Å². The number of likely N-dealkylation sites (tertiary alicyclic amines) is 1. The van der Waals surface area contributed by atoms with Crippen LogP contribution in [0.2, 0.25) is 0 Å². The van der Waals surface area contributed by atoms with Crippen LogP contribution in [0, 0.1) is 19.8 Å². The minimum atomic E-state index is 0.866. The smallest absolute Gasteiger partial charge is 0.138 e. The SMILES string of the molecule is Cc1noc(C)c1CNCCN1CCC(C)CC1. The van der Waals surface area contributed by atoms with E-state index in [9.17, 15) is 0 Å². The zero-order valence-corrected chi connectivity index (χ0v) is 11.8. The van der Waals surface area contributed by atoms with E-state index in [2.05, 4.69) is 22.3 Å². The predicted molar refractivity (Wildman–Crippen MR) is 72.5 cm³/mol. The van der Waals surface area contributed by atoms with Crippen molar-refractivity contribution < 1.29 is 4.52 Å². The summed E-state index contributed by atoms with van der Waals surface area (Å²) in [7, 11) is 0. The minimum Gasteiger partial charge on any atom is -0.361 e. The standard InChI is InChI=1S/C14H25N3O/c1-11-4-7-17(8-5-11)9-6-15-10-14-12(2)16-18-13(14)3/h11,15H,4-10H2,1-3H3. The molecule has 18 heavy (non-hydrogen) atoms. The van der Waals surface area contributed by atoms with Gasteiger partial charge >= 0.3 is 0 Å². The Hall–Kier alpha value is -0.870. The van der Waals surface area contributed by atoms with Crippen molar-refractivity contribution in [3.8, 4) is 0 Å². The van der Waals surface area contributed by atoms with Crippen molar-refractivity contribution in [1.29, 1.82) is 0 Å². The number of hydrogen-bond donors (Lipinski definition) is 1. The van der Waals surface area contributed by atoms with E-state index in [0.29, 0.717) is 0 Å². The third-order valence-corrected chi connectivity index (χ3v) is 3.96. The van der Waals surface area contributed by atoms with E-state index in [4.69, 9.17) is 4.52 Å². The number of aryl methyl sites for hydroxylation is 2. The fraction of sp³-hybridized carbons (Fsp3) is 0.786. The van der Waals surface area contributed by atoms with Gasteiger partial charge in [-0.15, -0.1) is 0 Å². The third-order valence-electron chi connectivity index (χ3n) is 3.96. The normalized spacial score (nSPS) is 18.4. The van der Waals surface area contributed by atoms with Crippen LogP contribution in [0.4, 0.5) is 0 Å². The molecule has 0 amide bonds. The van der Waals surface area contributed by atoms with Gasteiger partial charge in [-0.05, 0) is 45.7 Å². The van der Waals surface area contributed by atoms with Gasteiger partial charge in [-0.2, -0.15) is 0 Å². The largest absolute Gasteiger partial charge is 0.361 e. The van der Waals surface area contributed by atoms with Gasteiger partial charge in [0.1, 0.15) is 5.76 Å². The van der Waals surface area contributed by atoms with E-state index in [-0.39, 0.29) is 0 Å². The number of aromatic nitrogens is 1. The molecule has 4 heteroatoms. The Morgan fingerprint density at radius 2 is 2.06 bits per heavy atom. The highest BCUT2D eigenvalue weighted by Gasteiger charge is 2.15. The number of rotatable bonds is 5. The molecule has 0 spiro atoms. The molecular formula is C14H25N3O. The van der Waals surface area contributed by atoms with E-state index in [0.717, 1.165) is 37.0 Å². The first-order valence-corrected chi connectivity index (χ1v) is 7.01. The van der Waals surface area contributed by atoms with Crippen LogP contribution in [0.5, 0.6) is 0 Å². The number of hydrogen-bond acceptors (Lipinski definition) is 4. The molecule has 1 aromatic rings. The predicted octanol–water partition coefficient (Wildman–Crippen LogP) is 2.11. The van der Waals surface area contributed by atoms with Gasteiger partial charge < -0.3 is 14.7 Å². The van der Waals surface area contributed by atoms with Crippen molar-refractivity contribution >= 4 is 0 Å². The summed E-state index contributed by atoms with van der Waals surface area (Å²) < 4.78 is 5.15. The zero-order valence-electron chi connectivity index (χ0n) is 11.8. The monoisotopic (exact) mass is 251 g/mol. The molecule has 1 N–H and O–H groups in total. The molecule has 1 aliphatic heterocycles. The second kappa shape index (κ2) is 6.34. The van der Waals surface area contributed by atoms with Gasteiger partial charge in [0.05, 0.1) is 5.69 Å². The molecule has 0 aliphatic carbocycles. The lowest BCUT2D eigenvalue weighted by Gasteiger charge is -2.30. The summed E-state index contributed by atoms with van der Waals surface area (Å²) in [6.07, 6.45) is 2.70. The Balaban J connectivity index is 1.64. The first-order valence-electron chi connectivity index (χ1n) is 7.01. The molecule has 0 aromatic carbocycles. The Morgan fingerprint density at radius 3 is 2.67 bits per heavy atom. The van der Waals surface area contributed by atoms with Crippen molar-refractivity contribution in [3.05, 3.63) is 17.0 Å². The van der Waals surface area contributed by atoms with Crippen molar-refractivity contribution in [2.24, 2.45) is 5.92 Å². The van der Waals surface area contributed by atoms with Crippen molar-refractivity contribution in [3.63, 3.8) is 0 Å². The fourth-order valence-electron chi connectivity index (χ4n) is 2.49. The lowest BCUT2D eigenvalue weighted by atomic mass is 9.99. The molecule has 1 aromatic heterocycles. The highest BCUT2D eigenvalue weighted by atomic mass is 16.5. The summed E-state index contributed by atoms with van der Waals surface area (Å²) in [4.78, 5) is 2.56. The average Bonchev–Trinajstić information content (AvgIpc) is 2.68. The molecule has 0 unspecified atom stereocenters. The van der Waals surface area contributed by atoms with Crippen LogP contribution in [0.3, 0.4) is 0 Å². The highest BCUT2D eigenvalue weighted by molar-refractivity contribution is 5.20. The van der Waals surface area contributed by atoms with E-state index in [1.54, 1.807) is 0 Å². The minimum absolute atomic E-state index is 0.866. The maximum absolute atomic E-state index is 5.15. The molecule has 1 saturated heterocycles. The van der Waals surface area contributed by atoms with Crippen molar-refractivity contribution in [2.75, 3.05) is 26.2 Å². The summed E-state index contributed by atoms with van der Waals surface area (Å²) >= 11 is 0. The number of nitrogens with zero attached hydrogens (tertiary/aromatic N) is 2. The lowest BCUT2D eigenvalue weighted by Crippen LogP contribution is -2.37. The molecule has 0 radical (unpaired) electrons. The van der Waals surface area contributed by atoms with Gasteiger partial charge in [-0.1, -0.05) is 12.1 Å². The molecule has 2 heterocycles. The third kappa shape index (κ3) is 3.56. The van der Waals surface area contributed by atoms with Gasteiger partial charge in [-0.3, -0.25) is 0 Å². The molecule has 1 fully saturated rings. The lowest BCUT2D eigenvalue weighted by molar-refractivity contribution is 0.193. The van der Waals surface area contributed by atoms with Gasteiger partial charge in [0.25, 0.3) is 0 Å². The Kier molecular flexibility index (Phi) is 4.78. The van der Waals surface area contributed by atoms with Crippen LogP contribution in [-0.2, 0) is 6.54 Å². The van der Waals surface area contributed by atoms with E-state index in [1.807, 2.05) is 13.8 Å². The zero-order chi connectivity index (χ0) is 13.0. The Bertz CT molecular complexity index is 348. The second-order valence-corrected chi connectivity index (χ2v) is 5.50. The summed E-state index contributed by atoms with van der Waals surface area (Å²) in [5.74, 6) is 1.85. The number of piperidine rings is 1. The molecule has 0 bridgehead atoms. The maximum Gasteiger partial charge on any atom is 0.138 e. The first-order chi connectivity index (χ1) is 8.66. The summed E-state index contributed by atoms with van der Waals surface area (Å²) in [5.41, 5.74) is 2.22. The van der Waals surface area contributed by atoms with Gasteiger partial charge in [0.2, 0.25) is 0 Å². The van der Waals surface area contributed by atoms with Gasteiger partial charge in [0.15, 0.2) is 0 Å². The summed E-state index contributed by atoms with van der Waals surface area (Å²) in [5, 5.41) is 7.45. The first kappa shape index (κ1) is 13.6. The highest BCUT2D eigenvalue weighted by Crippen LogP contribution is 2.15. The van der Waals surface area contributed by atoms with Crippen LogP contribution < -0.4 is 5.32 Å². The fourth-order valence-corrected chi connectivity index (χ4v) is 2.49. The van der Waals surface area contributed by atoms with Gasteiger partial charge in [-0.25, -0.2) is 0 Å². The van der Waals surface area contributed by atoms with E-state index < -0.39 is 0 Å². The van der Waals surface area contributed by atoms with Crippen LogP contribution in [0.1, 0.15) is 36.8 Å². The Labute approximate surface area is 110 Å². The molecule has 0 atom stereocenters. The topological polar surface area (TPSA) is 41.3 Å². The summed E-state index contributed by atoms with van der Waals surface area (Å²) in [6, 6.07) is 0. The molecule has 4 nitrogen and oxygen atoms in total.